The zero-order valence-corrected chi connectivity index (χ0v) is 13.4. The van der Waals surface area contributed by atoms with E-state index >= 15 is 0 Å². The van der Waals surface area contributed by atoms with E-state index in [-0.39, 0.29) is 12.4 Å². The summed E-state index contributed by atoms with van der Waals surface area (Å²) in [5.74, 6) is 1.13. The van der Waals surface area contributed by atoms with Crippen molar-refractivity contribution in [1.29, 1.82) is 0 Å². The average Bonchev–Trinajstić information content (AvgIpc) is 2.61. The van der Waals surface area contributed by atoms with Crippen molar-refractivity contribution in [1.82, 2.24) is 5.43 Å². The smallest absolute Gasteiger partial charge is 0.277 e. The molecule has 0 aliphatic rings. The molecule has 0 unspecified atom stereocenters. The second-order valence-electron chi connectivity index (χ2n) is 4.69. The highest BCUT2D eigenvalue weighted by Gasteiger charge is 2.03. The van der Waals surface area contributed by atoms with E-state index in [1.165, 1.54) is 19.4 Å². The second-order valence-corrected chi connectivity index (χ2v) is 4.69. The molecule has 2 rings (SSSR count). The molecule has 0 aromatic heterocycles. The third-order valence-corrected chi connectivity index (χ3v) is 3.02. The highest BCUT2D eigenvalue weighted by molar-refractivity contribution is 5.83. The van der Waals surface area contributed by atoms with Gasteiger partial charge in [-0.05, 0) is 35.9 Å². The molecule has 24 heavy (non-hydrogen) atoms. The van der Waals surface area contributed by atoms with Gasteiger partial charge in [0, 0.05) is 6.07 Å². The number of nitrogens with one attached hydrogen (secondary N) is 1. The van der Waals surface area contributed by atoms with E-state index in [4.69, 9.17) is 14.2 Å². The SMILES string of the molecule is COc1cccc(OCC(=O)N/N=C\c2ccc(O)c(OC)c2)c1. The van der Waals surface area contributed by atoms with E-state index in [2.05, 4.69) is 10.5 Å². The van der Waals surface area contributed by atoms with E-state index in [0.29, 0.717) is 22.8 Å². The predicted octanol–water partition coefficient (Wildman–Crippen LogP) is 1.94. The maximum atomic E-state index is 11.7. The summed E-state index contributed by atoms with van der Waals surface area (Å²) in [4.78, 5) is 11.7. The lowest BCUT2D eigenvalue weighted by Gasteiger charge is -2.06. The van der Waals surface area contributed by atoms with Crippen LogP contribution in [0.4, 0.5) is 0 Å². The number of carbonyl (C=O) groups is 1. The third-order valence-electron chi connectivity index (χ3n) is 3.02. The number of phenols is 1. The molecule has 0 bridgehead atoms. The molecular weight excluding hydrogens is 312 g/mol. The molecule has 0 saturated carbocycles. The Bertz CT molecular complexity index is 731. The van der Waals surface area contributed by atoms with Gasteiger partial charge in [0.1, 0.15) is 11.5 Å². The molecule has 0 heterocycles. The minimum absolute atomic E-state index is 0.0328. The second kappa shape index (κ2) is 8.42. The Kier molecular flexibility index (Phi) is 6.01. The molecule has 1 amide bonds. The van der Waals surface area contributed by atoms with Gasteiger partial charge in [-0.1, -0.05) is 6.07 Å². The summed E-state index contributed by atoms with van der Waals surface area (Å²) in [5, 5.41) is 13.3. The first kappa shape index (κ1) is 17.1. The lowest BCUT2D eigenvalue weighted by atomic mass is 10.2. The van der Waals surface area contributed by atoms with Crippen molar-refractivity contribution < 1.29 is 24.1 Å². The topological polar surface area (TPSA) is 89.4 Å². The molecule has 2 N–H and O–H groups in total. The third kappa shape index (κ3) is 4.91. The maximum Gasteiger partial charge on any atom is 0.277 e. The number of phenolic OH excluding ortho intramolecular Hbond substituents is 1. The van der Waals surface area contributed by atoms with Gasteiger partial charge in [-0.15, -0.1) is 0 Å². The number of aromatic hydroxyl groups is 1. The Morgan fingerprint density at radius 2 is 1.96 bits per heavy atom. The Morgan fingerprint density at radius 3 is 2.71 bits per heavy atom. The summed E-state index contributed by atoms with van der Waals surface area (Å²) in [5.41, 5.74) is 3.02. The molecule has 0 radical (unpaired) electrons. The molecule has 0 saturated heterocycles. The molecule has 0 aliphatic heterocycles. The molecule has 2 aromatic rings. The van der Waals surface area contributed by atoms with E-state index in [1.54, 1.807) is 43.5 Å². The van der Waals surface area contributed by atoms with Gasteiger partial charge in [0.15, 0.2) is 18.1 Å². The highest BCUT2D eigenvalue weighted by Crippen LogP contribution is 2.25. The number of ether oxygens (including phenoxy) is 3. The van der Waals surface area contributed by atoms with E-state index in [0.717, 1.165) is 0 Å². The first-order valence-electron chi connectivity index (χ1n) is 7.08. The lowest BCUT2D eigenvalue weighted by molar-refractivity contribution is -0.123. The van der Waals surface area contributed by atoms with Crippen LogP contribution in [0.25, 0.3) is 0 Å². The van der Waals surface area contributed by atoms with Crippen molar-refractivity contribution >= 4 is 12.1 Å². The molecule has 126 valence electrons. The Labute approximate surface area is 139 Å². The average molecular weight is 330 g/mol. The van der Waals surface area contributed by atoms with Crippen molar-refractivity contribution in [2.75, 3.05) is 20.8 Å². The number of methoxy groups -OCH3 is 2. The van der Waals surface area contributed by atoms with Gasteiger partial charge in [0.2, 0.25) is 0 Å². The van der Waals surface area contributed by atoms with Crippen LogP contribution in [-0.2, 0) is 4.79 Å². The van der Waals surface area contributed by atoms with Gasteiger partial charge in [0.05, 0.1) is 20.4 Å². The van der Waals surface area contributed by atoms with Crippen molar-refractivity contribution in [3.05, 3.63) is 48.0 Å². The molecule has 0 fully saturated rings. The zero-order valence-electron chi connectivity index (χ0n) is 13.4. The summed E-state index contributed by atoms with van der Waals surface area (Å²) >= 11 is 0. The number of rotatable bonds is 7. The highest BCUT2D eigenvalue weighted by atomic mass is 16.5. The Morgan fingerprint density at radius 1 is 1.17 bits per heavy atom. The number of carbonyl (C=O) groups excluding carboxylic acids is 1. The van der Waals surface area contributed by atoms with Crippen LogP contribution in [0.3, 0.4) is 0 Å². The van der Waals surface area contributed by atoms with Crippen LogP contribution in [-0.4, -0.2) is 38.1 Å². The van der Waals surface area contributed by atoms with Crippen LogP contribution in [0.15, 0.2) is 47.6 Å². The fraction of sp³-hybridized carbons (Fsp3) is 0.176. The summed E-state index contributed by atoms with van der Waals surface area (Å²) in [7, 11) is 3.01. The number of benzene rings is 2. The number of nitrogens with zero attached hydrogens (tertiary/aromatic N) is 1. The van der Waals surface area contributed by atoms with Crippen molar-refractivity contribution in [2.24, 2.45) is 5.10 Å². The lowest BCUT2D eigenvalue weighted by Crippen LogP contribution is -2.24. The monoisotopic (exact) mass is 330 g/mol. The van der Waals surface area contributed by atoms with Crippen LogP contribution in [0.5, 0.6) is 23.0 Å². The fourth-order valence-electron chi connectivity index (χ4n) is 1.83. The molecule has 7 heteroatoms. The molecule has 0 spiro atoms. The standard InChI is InChI=1S/C17H18N2O5/c1-22-13-4-3-5-14(9-13)24-11-17(21)19-18-10-12-6-7-15(20)16(8-12)23-2/h3-10,20H,11H2,1-2H3,(H,19,21)/b18-10-. The van der Waals surface area contributed by atoms with Crippen LogP contribution in [0.2, 0.25) is 0 Å². The number of hydrogen-bond donors (Lipinski definition) is 2. The van der Waals surface area contributed by atoms with E-state index < -0.39 is 5.91 Å². The zero-order chi connectivity index (χ0) is 17.4. The number of hydrazone groups is 1. The summed E-state index contributed by atoms with van der Waals surface area (Å²) < 4.78 is 15.4. The quantitative estimate of drug-likeness (QED) is 0.598. The Balaban J connectivity index is 1.84. The summed E-state index contributed by atoms with van der Waals surface area (Å²) in [6.45, 7) is -0.177. The maximum absolute atomic E-state index is 11.7. The van der Waals surface area contributed by atoms with Gasteiger partial charge in [-0.25, -0.2) is 5.43 Å². The van der Waals surface area contributed by atoms with Crippen LogP contribution in [0.1, 0.15) is 5.56 Å². The predicted molar refractivity (Wildman–Crippen MR) is 88.9 cm³/mol. The van der Waals surface area contributed by atoms with E-state index in [1.807, 2.05) is 0 Å². The van der Waals surface area contributed by atoms with Gasteiger partial charge in [-0.2, -0.15) is 5.10 Å². The van der Waals surface area contributed by atoms with Crippen LogP contribution < -0.4 is 19.6 Å². The van der Waals surface area contributed by atoms with Crippen molar-refractivity contribution in [3.63, 3.8) is 0 Å². The molecule has 7 nitrogen and oxygen atoms in total. The van der Waals surface area contributed by atoms with Crippen LogP contribution >= 0.6 is 0 Å². The largest absolute Gasteiger partial charge is 0.504 e. The first-order valence-corrected chi connectivity index (χ1v) is 7.08. The minimum atomic E-state index is -0.403. The molecule has 2 aromatic carbocycles. The summed E-state index contributed by atoms with van der Waals surface area (Å²) in [6.07, 6.45) is 1.44. The van der Waals surface area contributed by atoms with Crippen LogP contribution in [0, 0.1) is 0 Å². The van der Waals surface area contributed by atoms with Crippen molar-refractivity contribution in [3.8, 4) is 23.0 Å². The number of hydrogen-bond acceptors (Lipinski definition) is 6. The Hall–Kier alpha value is -3.22. The van der Waals surface area contributed by atoms with Gasteiger partial charge in [0.25, 0.3) is 5.91 Å². The van der Waals surface area contributed by atoms with Gasteiger partial charge >= 0.3 is 0 Å². The minimum Gasteiger partial charge on any atom is -0.504 e. The fourth-order valence-corrected chi connectivity index (χ4v) is 1.83. The molecule has 0 aliphatic carbocycles. The van der Waals surface area contributed by atoms with E-state index in [9.17, 15) is 9.90 Å². The number of amides is 1. The normalized spacial score (nSPS) is 10.4. The van der Waals surface area contributed by atoms with Crippen molar-refractivity contribution in [2.45, 2.75) is 0 Å². The summed E-state index contributed by atoms with van der Waals surface area (Å²) in [6, 6.07) is 11.7. The first-order chi connectivity index (χ1) is 11.6. The van der Waals surface area contributed by atoms with Gasteiger partial charge < -0.3 is 19.3 Å². The molecular formula is C17H18N2O5. The molecule has 0 atom stereocenters. The van der Waals surface area contributed by atoms with Gasteiger partial charge in [-0.3, -0.25) is 4.79 Å².